The molecule has 5 rings (SSSR count). The first-order chi connectivity index (χ1) is 20.2. The number of alkyl halides is 3. The molecule has 2 aliphatic rings. The Kier molecular flexibility index (Phi) is 8.71. The lowest BCUT2D eigenvalue weighted by Gasteiger charge is -2.48. The number of carbonyl (C=O) groups excluding carboxylic acids is 1. The average molecular weight is 626 g/mol. The maximum atomic E-state index is 14.0. The molecular weight excluding hydrogens is 595 g/mol. The van der Waals surface area contributed by atoms with Crippen molar-refractivity contribution in [2.75, 3.05) is 6.61 Å². The third-order valence-electron chi connectivity index (χ3n) is 6.83. The summed E-state index contributed by atoms with van der Waals surface area (Å²) in [6.45, 7) is 6.53. The molecule has 43 heavy (non-hydrogen) atoms. The molecule has 0 spiro atoms. The molecule has 1 aromatic heterocycles. The van der Waals surface area contributed by atoms with Gasteiger partial charge in [0.25, 0.3) is 0 Å². The molecule has 3 N–H and O–H groups in total. The van der Waals surface area contributed by atoms with E-state index in [1.807, 2.05) is 30.3 Å². The molecule has 4 unspecified atom stereocenters. The van der Waals surface area contributed by atoms with Gasteiger partial charge in [-0.3, -0.25) is 9.99 Å². The smallest absolute Gasteiger partial charge is 0.422 e. The van der Waals surface area contributed by atoms with Gasteiger partial charge in [0.05, 0.1) is 23.9 Å². The number of hydrazine groups is 1. The molecule has 6 atom stereocenters. The predicted molar refractivity (Wildman–Crippen MR) is 146 cm³/mol. The summed E-state index contributed by atoms with van der Waals surface area (Å²) in [4.78, 5) is 12.5. The molecule has 2 fully saturated rings. The summed E-state index contributed by atoms with van der Waals surface area (Å²) in [5, 5.41) is 19.8. The van der Waals surface area contributed by atoms with Crippen LogP contribution in [0, 0.1) is 6.92 Å². The Morgan fingerprint density at radius 1 is 1.12 bits per heavy atom. The maximum absolute atomic E-state index is 14.0. The van der Waals surface area contributed by atoms with Gasteiger partial charge in [-0.15, -0.1) is 10.2 Å². The Morgan fingerprint density at radius 2 is 1.84 bits per heavy atom. The summed E-state index contributed by atoms with van der Waals surface area (Å²) in [6, 6.07) is 11.2. The summed E-state index contributed by atoms with van der Waals surface area (Å²) >= 11 is 6.10. The highest BCUT2D eigenvalue weighted by atomic mass is 35.5. The molecule has 3 heterocycles. The van der Waals surface area contributed by atoms with E-state index in [9.17, 15) is 23.1 Å². The van der Waals surface area contributed by atoms with E-state index in [4.69, 9.17) is 30.5 Å². The molecule has 0 aliphatic carbocycles. The third-order valence-corrected chi connectivity index (χ3v) is 7.07. The minimum absolute atomic E-state index is 0.00382. The first kappa shape index (κ1) is 31.2. The lowest BCUT2D eigenvalue weighted by molar-refractivity contribution is -0.313. The van der Waals surface area contributed by atoms with Crippen LogP contribution in [0.2, 0.25) is 5.02 Å². The quantitative estimate of drug-likeness (QED) is 0.350. The number of amides is 1. The number of benzene rings is 2. The van der Waals surface area contributed by atoms with Crippen molar-refractivity contribution in [3.8, 4) is 5.69 Å². The molecule has 11 nitrogen and oxygen atoms in total. The van der Waals surface area contributed by atoms with Crippen molar-refractivity contribution in [2.24, 2.45) is 0 Å². The summed E-state index contributed by atoms with van der Waals surface area (Å²) in [6.07, 6.45) is -10.9. The second-order valence-corrected chi connectivity index (χ2v) is 11.6. The van der Waals surface area contributed by atoms with Gasteiger partial charge in [-0.05, 0) is 45.9 Å². The highest BCUT2D eigenvalue weighted by Crippen LogP contribution is 2.41. The number of aliphatic hydroxyl groups excluding tert-OH is 1. The van der Waals surface area contributed by atoms with Crippen LogP contribution >= 0.6 is 11.6 Å². The molecule has 0 bridgehead atoms. The van der Waals surface area contributed by atoms with Crippen LogP contribution in [0.3, 0.4) is 0 Å². The van der Waals surface area contributed by atoms with E-state index in [1.165, 1.54) is 6.92 Å². The highest BCUT2D eigenvalue weighted by molar-refractivity contribution is 6.30. The van der Waals surface area contributed by atoms with Gasteiger partial charge in [-0.25, -0.2) is 10.2 Å². The van der Waals surface area contributed by atoms with E-state index in [0.29, 0.717) is 5.56 Å². The van der Waals surface area contributed by atoms with Gasteiger partial charge in [0.15, 0.2) is 12.1 Å². The number of hydrogen-bond donors (Lipinski definition) is 3. The lowest BCUT2D eigenvalue weighted by atomic mass is 9.91. The SMILES string of the molecule is Cc1nnc([C@@H]2OC3COC(c4ccccc4)O[C@@H]3C(NNC(=O)OC(C)(C)C)C2O)n1-c1cc(Cl)ccc1C(F)(F)F. The van der Waals surface area contributed by atoms with E-state index >= 15 is 0 Å². The number of rotatable bonds is 5. The Bertz CT molecular complexity index is 1450. The molecule has 1 amide bonds. The molecule has 2 saturated heterocycles. The summed E-state index contributed by atoms with van der Waals surface area (Å²) in [5.74, 6) is -0.0252. The number of fused-ring (bicyclic) bond motifs is 1. The normalized spacial score (nSPS) is 26.1. The second-order valence-electron chi connectivity index (χ2n) is 11.2. The molecule has 2 aromatic carbocycles. The average Bonchev–Trinajstić information content (AvgIpc) is 3.31. The fourth-order valence-corrected chi connectivity index (χ4v) is 5.20. The summed E-state index contributed by atoms with van der Waals surface area (Å²) in [7, 11) is 0. The molecule has 0 radical (unpaired) electrons. The fraction of sp³-hybridized carbons (Fsp3) is 0.464. The topological polar surface area (TPSA) is 129 Å². The Balaban J connectivity index is 1.50. The zero-order chi connectivity index (χ0) is 31.1. The van der Waals surface area contributed by atoms with Crippen LogP contribution in [-0.2, 0) is 25.1 Å². The number of hydrogen-bond acceptors (Lipinski definition) is 9. The molecular formula is C28H31ClF3N5O6. The van der Waals surface area contributed by atoms with E-state index < -0.39 is 60.2 Å². The van der Waals surface area contributed by atoms with Gasteiger partial charge in [0.1, 0.15) is 35.8 Å². The van der Waals surface area contributed by atoms with Gasteiger partial charge >= 0.3 is 12.3 Å². The van der Waals surface area contributed by atoms with Gasteiger partial charge in [0.2, 0.25) is 0 Å². The Morgan fingerprint density at radius 3 is 2.51 bits per heavy atom. The number of aliphatic hydroxyl groups is 1. The number of aromatic nitrogens is 3. The largest absolute Gasteiger partial charge is 0.443 e. The monoisotopic (exact) mass is 625 g/mol. The van der Waals surface area contributed by atoms with E-state index in [2.05, 4.69) is 21.0 Å². The van der Waals surface area contributed by atoms with Crippen LogP contribution in [-0.4, -0.2) is 62.5 Å². The second kappa shape index (κ2) is 12.0. The Labute approximate surface area is 250 Å². The van der Waals surface area contributed by atoms with Crippen LogP contribution in [0.15, 0.2) is 48.5 Å². The van der Waals surface area contributed by atoms with Crippen LogP contribution in [0.5, 0.6) is 0 Å². The van der Waals surface area contributed by atoms with Crippen LogP contribution in [0.4, 0.5) is 18.0 Å². The van der Waals surface area contributed by atoms with Gasteiger partial charge in [-0.2, -0.15) is 13.2 Å². The van der Waals surface area contributed by atoms with Crippen LogP contribution < -0.4 is 10.9 Å². The molecule has 15 heteroatoms. The maximum Gasteiger partial charge on any atom is 0.422 e. The van der Waals surface area contributed by atoms with Crippen molar-refractivity contribution >= 4 is 17.7 Å². The highest BCUT2D eigenvalue weighted by Gasteiger charge is 2.52. The number of nitrogens with one attached hydrogen (secondary N) is 2. The molecule has 232 valence electrons. The van der Waals surface area contributed by atoms with E-state index in [0.717, 1.165) is 22.8 Å². The number of aryl methyl sites for hydroxylation is 1. The van der Waals surface area contributed by atoms with Crippen molar-refractivity contribution in [3.63, 3.8) is 0 Å². The number of ether oxygens (including phenoxy) is 4. The minimum atomic E-state index is -4.73. The van der Waals surface area contributed by atoms with Crippen molar-refractivity contribution in [3.05, 3.63) is 76.3 Å². The van der Waals surface area contributed by atoms with Crippen molar-refractivity contribution < 1.29 is 42.0 Å². The molecule has 0 saturated carbocycles. The van der Waals surface area contributed by atoms with Crippen LogP contribution in [0.1, 0.15) is 55.9 Å². The number of halogens is 4. The molecule has 3 aromatic rings. The first-order valence-electron chi connectivity index (χ1n) is 13.4. The standard InChI is InChI=1S/C28H31ClF3N5O6/c1-14-33-35-24(37(14)18-12-16(29)10-11-17(18)28(30,31)32)23-21(38)20(34-36-26(39)43-27(2,3)4)22-19(41-23)13-40-25(42-22)15-8-6-5-7-9-15/h5-12,19-23,25,34,38H,13H2,1-4H3,(H,36,39)/t19?,20?,21?,22-,23+,25?/m0/s1. The van der Waals surface area contributed by atoms with E-state index in [1.54, 1.807) is 20.8 Å². The van der Waals surface area contributed by atoms with E-state index in [-0.39, 0.29) is 29.0 Å². The van der Waals surface area contributed by atoms with Crippen molar-refractivity contribution in [1.29, 1.82) is 0 Å². The zero-order valence-electron chi connectivity index (χ0n) is 23.6. The van der Waals surface area contributed by atoms with Crippen molar-refractivity contribution in [1.82, 2.24) is 25.6 Å². The zero-order valence-corrected chi connectivity index (χ0v) is 24.4. The first-order valence-corrected chi connectivity index (χ1v) is 13.8. The van der Waals surface area contributed by atoms with Gasteiger partial charge in [0, 0.05) is 10.6 Å². The van der Waals surface area contributed by atoms with Crippen LogP contribution in [0.25, 0.3) is 5.69 Å². The predicted octanol–water partition coefficient (Wildman–Crippen LogP) is 4.56. The van der Waals surface area contributed by atoms with Crippen molar-refractivity contribution in [2.45, 2.75) is 76.2 Å². The number of carbonyl (C=O) groups is 1. The number of nitrogens with zero attached hydrogens (tertiary/aromatic N) is 3. The van der Waals surface area contributed by atoms with Gasteiger partial charge in [-0.1, -0.05) is 41.9 Å². The Hall–Kier alpha value is -3.27. The lowest BCUT2D eigenvalue weighted by Crippen LogP contribution is -2.66. The summed E-state index contributed by atoms with van der Waals surface area (Å²) in [5.41, 5.74) is 3.80. The summed E-state index contributed by atoms with van der Waals surface area (Å²) < 4.78 is 66.9. The molecule has 2 aliphatic heterocycles. The van der Waals surface area contributed by atoms with Gasteiger partial charge < -0.3 is 24.1 Å². The minimum Gasteiger partial charge on any atom is -0.443 e. The third kappa shape index (κ3) is 6.79. The fourth-order valence-electron chi connectivity index (χ4n) is 5.03.